The average molecular weight is 210 g/mol. The predicted octanol–water partition coefficient (Wildman–Crippen LogP) is 2.07. The molecule has 1 unspecified atom stereocenters. The van der Waals surface area contributed by atoms with Gasteiger partial charge < -0.3 is 10.6 Å². The zero-order valence-electron chi connectivity index (χ0n) is 9.05. The molecule has 0 aliphatic carbocycles. The van der Waals surface area contributed by atoms with E-state index in [1.165, 1.54) is 10.4 Å². The highest BCUT2D eigenvalue weighted by Gasteiger charge is 2.28. The predicted molar refractivity (Wildman–Crippen MR) is 61.9 cm³/mol. The topological polar surface area (TPSA) is 24.1 Å². The summed E-state index contributed by atoms with van der Waals surface area (Å²) in [6, 6.07) is 2.68. The molecule has 1 aromatic rings. The van der Waals surface area contributed by atoms with Crippen LogP contribution in [0.15, 0.2) is 11.4 Å². The molecule has 1 aliphatic heterocycles. The number of aryl methyl sites for hydroxylation is 1. The van der Waals surface area contributed by atoms with Gasteiger partial charge in [-0.3, -0.25) is 0 Å². The van der Waals surface area contributed by atoms with Crippen molar-refractivity contribution in [2.45, 2.75) is 32.4 Å². The Morgan fingerprint density at radius 2 is 2.29 bits per heavy atom. The van der Waals surface area contributed by atoms with Crippen LogP contribution in [0.25, 0.3) is 0 Å². The fourth-order valence-electron chi connectivity index (χ4n) is 2.00. The van der Waals surface area contributed by atoms with Gasteiger partial charge in [-0.05, 0) is 37.8 Å². The quantitative estimate of drug-likeness (QED) is 0.741. The highest BCUT2D eigenvalue weighted by molar-refractivity contribution is 7.10. The van der Waals surface area contributed by atoms with Gasteiger partial charge in [0.1, 0.15) is 0 Å². The molecule has 2 heterocycles. The summed E-state index contributed by atoms with van der Waals surface area (Å²) in [6.07, 6.45) is 0. The van der Waals surface area contributed by atoms with E-state index in [2.05, 4.69) is 42.9 Å². The minimum absolute atomic E-state index is 0.208. The highest BCUT2D eigenvalue weighted by atomic mass is 32.1. The Labute approximate surface area is 89.7 Å². The fourth-order valence-corrected chi connectivity index (χ4v) is 2.98. The number of thiophene rings is 1. The second kappa shape index (κ2) is 3.65. The minimum atomic E-state index is 0.208. The zero-order valence-corrected chi connectivity index (χ0v) is 9.87. The van der Waals surface area contributed by atoms with Gasteiger partial charge >= 0.3 is 0 Å². The molecule has 1 aromatic heterocycles. The average Bonchev–Trinajstić information content (AvgIpc) is 2.49. The first-order valence-electron chi connectivity index (χ1n) is 5.11. The molecular weight excluding hydrogens is 192 g/mol. The van der Waals surface area contributed by atoms with E-state index in [-0.39, 0.29) is 5.54 Å². The molecule has 1 atom stereocenters. The van der Waals surface area contributed by atoms with E-state index >= 15 is 0 Å². The van der Waals surface area contributed by atoms with Crippen molar-refractivity contribution >= 4 is 11.3 Å². The Kier molecular flexibility index (Phi) is 2.64. The summed E-state index contributed by atoms with van der Waals surface area (Å²) >= 11 is 1.85. The second-order valence-corrected chi connectivity index (χ2v) is 5.63. The van der Waals surface area contributed by atoms with Crippen LogP contribution in [-0.2, 0) is 0 Å². The molecule has 3 heteroatoms. The van der Waals surface area contributed by atoms with E-state index in [4.69, 9.17) is 0 Å². The Morgan fingerprint density at radius 3 is 2.86 bits per heavy atom. The van der Waals surface area contributed by atoms with E-state index in [0.29, 0.717) is 6.04 Å². The van der Waals surface area contributed by atoms with Crippen molar-refractivity contribution in [3.05, 3.63) is 21.9 Å². The lowest BCUT2D eigenvalue weighted by atomic mass is 9.99. The van der Waals surface area contributed by atoms with E-state index in [1.807, 2.05) is 11.3 Å². The van der Waals surface area contributed by atoms with Gasteiger partial charge in [0.05, 0.1) is 6.04 Å². The van der Waals surface area contributed by atoms with Crippen molar-refractivity contribution in [1.29, 1.82) is 0 Å². The van der Waals surface area contributed by atoms with E-state index in [9.17, 15) is 0 Å². The molecular formula is C11H18N2S. The fraction of sp³-hybridized carbons (Fsp3) is 0.636. The molecule has 0 amide bonds. The van der Waals surface area contributed by atoms with Gasteiger partial charge in [0.2, 0.25) is 0 Å². The largest absolute Gasteiger partial charge is 0.313 e. The van der Waals surface area contributed by atoms with Gasteiger partial charge in [-0.25, -0.2) is 0 Å². The molecule has 1 fully saturated rings. The second-order valence-electron chi connectivity index (χ2n) is 4.68. The van der Waals surface area contributed by atoms with Crippen LogP contribution < -0.4 is 10.6 Å². The summed E-state index contributed by atoms with van der Waals surface area (Å²) in [6.45, 7) is 8.78. The number of rotatable bonds is 1. The highest BCUT2D eigenvalue weighted by Crippen LogP contribution is 2.26. The third kappa shape index (κ3) is 2.00. The molecule has 0 spiro atoms. The van der Waals surface area contributed by atoms with Crippen LogP contribution in [0.1, 0.15) is 30.3 Å². The Bertz CT molecular complexity index is 317. The third-order valence-corrected chi connectivity index (χ3v) is 3.83. The van der Waals surface area contributed by atoms with E-state index in [1.54, 1.807) is 0 Å². The maximum atomic E-state index is 3.68. The first-order valence-corrected chi connectivity index (χ1v) is 5.99. The molecule has 0 aromatic carbocycles. The summed E-state index contributed by atoms with van der Waals surface area (Å²) in [5.41, 5.74) is 1.62. The minimum Gasteiger partial charge on any atom is -0.313 e. The Morgan fingerprint density at radius 1 is 1.50 bits per heavy atom. The standard InChI is InChI=1S/C11H18N2S/c1-8-4-5-14-10(8)9-6-12-7-11(2,3)13-9/h4-5,9,12-13H,6-7H2,1-3H3. The van der Waals surface area contributed by atoms with Crippen LogP contribution in [0.4, 0.5) is 0 Å². The van der Waals surface area contributed by atoms with Crippen LogP contribution in [0.2, 0.25) is 0 Å². The molecule has 2 nitrogen and oxygen atoms in total. The molecule has 0 bridgehead atoms. The molecule has 0 radical (unpaired) electrons. The first kappa shape index (κ1) is 10.1. The van der Waals surface area contributed by atoms with Crippen LogP contribution >= 0.6 is 11.3 Å². The van der Waals surface area contributed by atoms with Crippen molar-refractivity contribution < 1.29 is 0 Å². The number of hydrogen-bond donors (Lipinski definition) is 2. The lowest BCUT2D eigenvalue weighted by Crippen LogP contribution is -2.56. The summed E-state index contributed by atoms with van der Waals surface area (Å²) in [4.78, 5) is 1.48. The molecule has 1 aliphatic rings. The van der Waals surface area contributed by atoms with Gasteiger partial charge in [0, 0.05) is 23.5 Å². The molecule has 0 saturated carbocycles. The van der Waals surface area contributed by atoms with Crippen molar-refractivity contribution in [3.63, 3.8) is 0 Å². The van der Waals surface area contributed by atoms with Gasteiger partial charge in [0.15, 0.2) is 0 Å². The Hall–Kier alpha value is -0.380. The SMILES string of the molecule is Cc1ccsc1C1CNCC(C)(C)N1. The van der Waals surface area contributed by atoms with Crippen molar-refractivity contribution in [3.8, 4) is 0 Å². The third-order valence-electron chi connectivity index (χ3n) is 2.70. The molecule has 2 rings (SSSR count). The molecule has 14 heavy (non-hydrogen) atoms. The van der Waals surface area contributed by atoms with Crippen molar-refractivity contribution in [2.24, 2.45) is 0 Å². The number of hydrogen-bond acceptors (Lipinski definition) is 3. The van der Waals surface area contributed by atoms with Gasteiger partial charge in [-0.1, -0.05) is 0 Å². The Balaban J connectivity index is 2.16. The van der Waals surface area contributed by atoms with E-state index < -0.39 is 0 Å². The monoisotopic (exact) mass is 210 g/mol. The maximum absolute atomic E-state index is 3.68. The number of piperazine rings is 1. The van der Waals surface area contributed by atoms with Crippen LogP contribution in [0.5, 0.6) is 0 Å². The van der Waals surface area contributed by atoms with Gasteiger partial charge in [-0.15, -0.1) is 11.3 Å². The first-order chi connectivity index (χ1) is 6.58. The lowest BCUT2D eigenvalue weighted by molar-refractivity contribution is 0.266. The molecule has 1 saturated heterocycles. The lowest BCUT2D eigenvalue weighted by Gasteiger charge is -2.37. The van der Waals surface area contributed by atoms with Crippen LogP contribution in [0.3, 0.4) is 0 Å². The van der Waals surface area contributed by atoms with E-state index in [0.717, 1.165) is 13.1 Å². The summed E-state index contributed by atoms with van der Waals surface area (Å²) in [7, 11) is 0. The maximum Gasteiger partial charge on any atom is 0.0548 e. The number of nitrogens with one attached hydrogen (secondary N) is 2. The van der Waals surface area contributed by atoms with Gasteiger partial charge in [0.25, 0.3) is 0 Å². The molecule has 2 N–H and O–H groups in total. The zero-order chi connectivity index (χ0) is 10.2. The van der Waals surface area contributed by atoms with Crippen molar-refractivity contribution in [1.82, 2.24) is 10.6 Å². The summed E-state index contributed by atoms with van der Waals surface area (Å²) < 4.78 is 0. The smallest absolute Gasteiger partial charge is 0.0548 e. The normalized spacial score (nSPS) is 26.4. The van der Waals surface area contributed by atoms with Gasteiger partial charge in [-0.2, -0.15) is 0 Å². The summed E-state index contributed by atoms with van der Waals surface area (Å²) in [5.74, 6) is 0. The van der Waals surface area contributed by atoms with Crippen LogP contribution in [-0.4, -0.2) is 18.6 Å². The van der Waals surface area contributed by atoms with Crippen molar-refractivity contribution in [2.75, 3.05) is 13.1 Å². The molecule has 78 valence electrons. The summed E-state index contributed by atoms with van der Waals surface area (Å²) in [5, 5.41) is 9.34. The van der Waals surface area contributed by atoms with Crippen LogP contribution in [0, 0.1) is 6.92 Å².